The highest BCUT2D eigenvalue weighted by Crippen LogP contribution is 1.99. The molecule has 118 valence electrons. The lowest BCUT2D eigenvalue weighted by molar-refractivity contribution is -0.150. The van der Waals surface area contributed by atoms with Gasteiger partial charge in [0.1, 0.15) is 0 Å². The van der Waals surface area contributed by atoms with Crippen LogP contribution in [0.5, 0.6) is 0 Å². The van der Waals surface area contributed by atoms with Crippen molar-refractivity contribution in [2.45, 2.75) is 26.5 Å². The zero-order valence-electron chi connectivity index (χ0n) is 12.6. The number of amides is 1. The van der Waals surface area contributed by atoms with Crippen LogP contribution in [-0.2, 0) is 30.4 Å². The standard InChI is InChI=1S/C16H19NO5/c1-3-21-14(18)9-10-15(19)22-12(2)16(20)17-11-13-7-5-4-6-8-13/h4-10,12H,3,11H2,1-2H3,(H,17,20)/b10-9+/t12-/m0/s1. The monoisotopic (exact) mass is 305 g/mol. The Bertz CT molecular complexity index is 539. The molecule has 0 aliphatic rings. The Labute approximate surface area is 129 Å². The third kappa shape index (κ3) is 6.69. The average Bonchev–Trinajstić information content (AvgIpc) is 2.52. The van der Waals surface area contributed by atoms with E-state index in [0.717, 1.165) is 17.7 Å². The van der Waals surface area contributed by atoms with Crippen molar-refractivity contribution in [2.24, 2.45) is 0 Å². The van der Waals surface area contributed by atoms with Gasteiger partial charge in [-0.3, -0.25) is 4.79 Å². The molecule has 0 unspecified atom stereocenters. The number of hydrogen-bond donors (Lipinski definition) is 1. The van der Waals surface area contributed by atoms with Crippen molar-refractivity contribution in [2.75, 3.05) is 6.61 Å². The van der Waals surface area contributed by atoms with Crippen molar-refractivity contribution < 1.29 is 23.9 Å². The normalized spacial score (nSPS) is 11.7. The van der Waals surface area contributed by atoms with Gasteiger partial charge >= 0.3 is 11.9 Å². The van der Waals surface area contributed by atoms with Gasteiger partial charge in [-0.25, -0.2) is 9.59 Å². The van der Waals surface area contributed by atoms with E-state index in [2.05, 4.69) is 10.1 Å². The van der Waals surface area contributed by atoms with Gasteiger partial charge in [0.25, 0.3) is 5.91 Å². The molecule has 0 aliphatic heterocycles. The molecule has 0 saturated heterocycles. The number of nitrogens with one attached hydrogen (secondary N) is 1. The van der Waals surface area contributed by atoms with Gasteiger partial charge in [0, 0.05) is 18.7 Å². The van der Waals surface area contributed by atoms with E-state index in [-0.39, 0.29) is 6.61 Å². The molecule has 1 atom stereocenters. The van der Waals surface area contributed by atoms with Gasteiger partial charge < -0.3 is 14.8 Å². The van der Waals surface area contributed by atoms with Crippen molar-refractivity contribution >= 4 is 17.8 Å². The summed E-state index contributed by atoms with van der Waals surface area (Å²) in [7, 11) is 0. The van der Waals surface area contributed by atoms with Gasteiger partial charge in [0.15, 0.2) is 6.10 Å². The second-order valence-electron chi connectivity index (χ2n) is 4.37. The van der Waals surface area contributed by atoms with E-state index in [1.54, 1.807) is 6.92 Å². The summed E-state index contributed by atoms with van der Waals surface area (Å²) in [5.74, 6) is -1.84. The lowest BCUT2D eigenvalue weighted by Gasteiger charge is -2.12. The van der Waals surface area contributed by atoms with E-state index < -0.39 is 23.9 Å². The maximum Gasteiger partial charge on any atom is 0.331 e. The third-order valence-electron chi connectivity index (χ3n) is 2.61. The van der Waals surface area contributed by atoms with Crippen LogP contribution in [0.1, 0.15) is 19.4 Å². The van der Waals surface area contributed by atoms with E-state index in [0.29, 0.717) is 6.54 Å². The number of esters is 2. The van der Waals surface area contributed by atoms with Crippen LogP contribution in [0.4, 0.5) is 0 Å². The lowest BCUT2D eigenvalue weighted by Crippen LogP contribution is -2.35. The first-order valence-electron chi connectivity index (χ1n) is 6.90. The number of carbonyl (C=O) groups is 3. The quantitative estimate of drug-likeness (QED) is 0.607. The lowest BCUT2D eigenvalue weighted by atomic mass is 10.2. The summed E-state index contributed by atoms with van der Waals surface area (Å²) in [5, 5.41) is 2.66. The van der Waals surface area contributed by atoms with Gasteiger partial charge in [-0.15, -0.1) is 0 Å². The summed E-state index contributed by atoms with van der Waals surface area (Å²) in [6.45, 7) is 3.68. The summed E-state index contributed by atoms with van der Waals surface area (Å²) in [6.07, 6.45) is 0.933. The Kier molecular flexibility index (Phi) is 7.39. The molecule has 6 nitrogen and oxygen atoms in total. The van der Waals surface area contributed by atoms with Crippen LogP contribution in [0.25, 0.3) is 0 Å². The van der Waals surface area contributed by atoms with Crippen molar-refractivity contribution in [3.05, 3.63) is 48.0 Å². The maximum atomic E-state index is 11.8. The molecule has 0 aromatic heterocycles. The minimum Gasteiger partial charge on any atom is -0.463 e. The Balaban J connectivity index is 2.37. The summed E-state index contributed by atoms with van der Waals surface area (Å²) in [6, 6.07) is 9.36. The van der Waals surface area contributed by atoms with Gasteiger partial charge in [0.05, 0.1) is 6.61 Å². The van der Waals surface area contributed by atoms with Gasteiger partial charge in [-0.1, -0.05) is 30.3 Å². The fraction of sp³-hybridized carbons (Fsp3) is 0.312. The average molecular weight is 305 g/mol. The Morgan fingerprint density at radius 3 is 2.41 bits per heavy atom. The minimum absolute atomic E-state index is 0.219. The molecule has 0 saturated carbocycles. The zero-order valence-corrected chi connectivity index (χ0v) is 12.6. The van der Waals surface area contributed by atoms with Crippen LogP contribution < -0.4 is 5.32 Å². The maximum absolute atomic E-state index is 11.8. The SMILES string of the molecule is CCOC(=O)/C=C/C(=O)O[C@@H](C)C(=O)NCc1ccccc1. The van der Waals surface area contributed by atoms with Crippen LogP contribution in [-0.4, -0.2) is 30.6 Å². The van der Waals surface area contributed by atoms with Crippen LogP contribution >= 0.6 is 0 Å². The van der Waals surface area contributed by atoms with Crippen molar-refractivity contribution in [3.8, 4) is 0 Å². The predicted molar refractivity (Wildman–Crippen MR) is 79.6 cm³/mol. The summed E-state index contributed by atoms with van der Waals surface area (Å²) < 4.78 is 9.50. The van der Waals surface area contributed by atoms with Crippen LogP contribution in [0.2, 0.25) is 0 Å². The zero-order chi connectivity index (χ0) is 16.4. The molecule has 0 fully saturated rings. The Morgan fingerprint density at radius 2 is 1.77 bits per heavy atom. The molecule has 0 bridgehead atoms. The topological polar surface area (TPSA) is 81.7 Å². The van der Waals surface area contributed by atoms with E-state index in [9.17, 15) is 14.4 Å². The van der Waals surface area contributed by atoms with E-state index in [1.807, 2.05) is 30.3 Å². The first-order chi connectivity index (χ1) is 10.5. The second-order valence-corrected chi connectivity index (χ2v) is 4.37. The van der Waals surface area contributed by atoms with Crippen molar-refractivity contribution in [3.63, 3.8) is 0 Å². The fourth-order valence-electron chi connectivity index (χ4n) is 1.52. The van der Waals surface area contributed by atoms with Gasteiger partial charge in [0.2, 0.25) is 0 Å². The molecule has 0 heterocycles. The van der Waals surface area contributed by atoms with E-state index in [1.165, 1.54) is 6.92 Å². The van der Waals surface area contributed by atoms with Crippen LogP contribution in [0.15, 0.2) is 42.5 Å². The molecule has 1 aromatic carbocycles. The number of hydrogen-bond acceptors (Lipinski definition) is 5. The molecular formula is C16H19NO5. The Morgan fingerprint density at radius 1 is 1.14 bits per heavy atom. The minimum atomic E-state index is -0.956. The first kappa shape index (κ1) is 17.4. The van der Waals surface area contributed by atoms with E-state index >= 15 is 0 Å². The van der Waals surface area contributed by atoms with Crippen molar-refractivity contribution in [1.82, 2.24) is 5.32 Å². The van der Waals surface area contributed by atoms with Gasteiger partial charge in [-0.2, -0.15) is 0 Å². The second kappa shape index (κ2) is 9.33. The number of ether oxygens (including phenoxy) is 2. The molecule has 0 spiro atoms. The molecule has 6 heteroatoms. The first-order valence-corrected chi connectivity index (χ1v) is 6.90. The number of rotatable bonds is 7. The molecular weight excluding hydrogens is 286 g/mol. The van der Waals surface area contributed by atoms with E-state index in [4.69, 9.17) is 4.74 Å². The predicted octanol–water partition coefficient (Wildman–Crippen LogP) is 1.35. The molecule has 22 heavy (non-hydrogen) atoms. The summed E-state index contributed by atoms with van der Waals surface area (Å²) >= 11 is 0. The molecule has 1 rings (SSSR count). The molecule has 0 radical (unpaired) electrons. The van der Waals surface area contributed by atoms with Crippen LogP contribution in [0.3, 0.4) is 0 Å². The highest BCUT2D eigenvalue weighted by atomic mass is 16.5. The largest absolute Gasteiger partial charge is 0.463 e. The molecule has 1 amide bonds. The Hall–Kier alpha value is -2.63. The van der Waals surface area contributed by atoms with Crippen LogP contribution in [0, 0.1) is 0 Å². The van der Waals surface area contributed by atoms with Crippen molar-refractivity contribution in [1.29, 1.82) is 0 Å². The highest BCUT2D eigenvalue weighted by Gasteiger charge is 2.16. The number of benzene rings is 1. The third-order valence-corrected chi connectivity index (χ3v) is 2.61. The molecule has 1 aromatic rings. The number of carbonyl (C=O) groups excluding carboxylic acids is 3. The fourth-order valence-corrected chi connectivity index (χ4v) is 1.52. The smallest absolute Gasteiger partial charge is 0.331 e. The summed E-state index contributed by atoms with van der Waals surface area (Å²) in [4.78, 5) is 34.3. The molecule has 1 N–H and O–H groups in total. The summed E-state index contributed by atoms with van der Waals surface area (Å²) in [5.41, 5.74) is 0.941. The molecule has 0 aliphatic carbocycles. The highest BCUT2D eigenvalue weighted by molar-refractivity contribution is 5.93. The van der Waals surface area contributed by atoms with Gasteiger partial charge in [-0.05, 0) is 19.4 Å².